The second-order valence-electron chi connectivity index (χ2n) is 16.6. The zero-order chi connectivity index (χ0) is 39.2. The largest absolute Gasteiger partial charge is 0.333 e. The maximum Gasteiger partial charge on any atom is 0.0798 e. The first-order chi connectivity index (χ1) is 26.2. The Morgan fingerprint density at radius 3 is 2.23 bits per heavy atom. The molecule has 0 atom stereocenters. The average molecular weight is 952 g/mol. The molecule has 0 amide bonds. The Bertz CT molecular complexity index is 2650. The normalized spacial score (nSPS) is 11.7. The van der Waals surface area contributed by atoms with Gasteiger partial charge >= 0.3 is 0 Å². The number of nitrogens with zero attached hydrogens (tertiary/aromatic N) is 3. The van der Waals surface area contributed by atoms with Crippen molar-refractivity contribution in [3.05, 3.63) is 143 Å². The Balaban J connectivity index is 0.000000217. The van der Waals surface area contributed by atoms with E-state index in [9.17, 15) is 0 Å². The van der Waals surface area contributed by atoms with Crippen molar-refractivity contribution in [1.82, 2.24) is 14.5 Å². The zero-order valence-electron chi connectivity index (χ0n) is 34.1. The van der Waals surface area contributed by atoms with Gasteiger partial charge in [0.2, 0.25) is 0 Å². The Morgan fingerprint density at radius 1 is 0.857 bits per heavy atom. The van der Waals surface area contributed by atoms with Crippen molar-refractivity contribution in [2.24, 2.45) is 5.92 Å². The number of aromatic nitrogens is 3. The third-order valence-electron chi connectivity index (χ3n) is 10.2. The number of fused-ring (bicyclic) bond motifs is 4. The van der Waals surface area contributed by atoms with Gasteiger partial charge in [0.25, 0.3) is 0 Å². The Hall–Kier alpha value is -4.26. The fourth-order valence-electron chi connectivity index (χ4n) is 7.75. The molecule has 56 heavy (non-hydrogen) atoms. The van der Waals surface area contributed by atoms with Crippen molar-refractivity contribution in [3.63, 3.8) is 0 Å². The summed E-state index contributed by atoms with van der Waals surface area (Å²) < 4.78 is 19.5. The number of halogens is 1. The van der Waals surface area contributed by atoms with Crippen molar-refractivity contribution in [2.75, 3.05) is 0 Å². The van der Waals surface area contributed by atoms with Gasteiger partial charge in [0.1, 0.15) is 0 Å². The van der Waals surface area contributed by atoms with Gasteiger partial charge in [0.15, 0.2) is 0 Å². The van der Waals surface area contributed by atoms with Crippen LogP contribution in [0.15, 0.2) is 97.2 Å². The number of para-hydroxylation sites is 2. The van der Waals surface area contributed by atoms with Crippen LogP contribution in [0.5, 0.6) is 0 Å². The molecule has 0 aliphatic rings. The number of benzene rings is 5. The van der Waals surface area contributed by atoms with E-state index >= 15 is 4.39 Å². The first-order valence-corrected chi connectivity index (χ1v) is 23.6. The minimum Gasteiger partial charge on any atom is -0.333 e. The molecule has 8 rings (SSSR count). The van der Waals surface area contributed by atoms with E-state index in [1.165, 1.54) is 39.1 Å². The van der Waals surface area contributed by atoms with E-state index in [0.717, 1.165) is 60.6 Å². The fraction of sp³-hybridized carbons (Fsp3) is 0.265. The molecule has 8 aromatic rings. The standard InChI is InChI=1S/C31H26FN2S.C18H24NSi.Ir/c1-17(2)21-10-11-22-27(16-21)35-30-23(12-13-24(32)28(22)30)31-33-25-8-6-7-9-26(25)34(31)29-19(4)14-18(3)15-20(29)5;1-14(2)11-16-12-17(15-9-7-6-8-10-15)19-13-18(16)20(3,4)5;/h6-11,13-17H,1-5H3;6-9,12-14H,11H2,1-5H3;/q2*-1;. The van der Waals surface area contributed by atoms with E-state index in [1.54, 1.807) is 11.3 Å². The van der Waals surface area contributed by atoms with Gasteiger partial charge in [0, 0.05) is 42.5 Å². The van der Waals surface area contributed by atoms with Crippen LogP contribution in [-0.4, -0.2) is 22.6 Å². The average Bonchev–Trinajstić information content (AvgIpc) is 3.71. The second-order valence-corrected chi connectivity index (χ2v) is 22.7. The van der Waals surface area contributed by atoms with Gasteiger partial charge in [-0.15, -0.1) is 48.0 Å². The molecule has 289 valence electrons. The summed E-state index contributed by atoms with van der Waals surface area (Å²) in [4.78, 5) is 9.76. The Labute approximate surface area is 350 Å². The molecule has 3 heterocycles. The molecule has 1 radical (unpaired) electrons. The van der Waals surface area contributed by atoms with Crippen molar-refractivity contribution >= 4 is 55.8 Å². The minimum atomic E-state index is -1.34. The first kappa shape index (κ1) is 41.4. The summed E-state index contributed by atoms with van der Waals surface area (Å²) in [6.07, 6.45) is 3.24. The van der Waals surface area contributed by atoms with E-state index in [2.05, 4.69) is 145 Å². The van der Waals surface area contributed by atoms with Crippen molar-refractivity contribution < 1.29 is 24.5 Å². The van der Waals surface area contributed by atoms with Gasteiger partial charge < -0.3 is 9.55 Å². The molecule has 0 saturated carbocycles. The molecular weight excluding hydrogens is 902 g/mol. The number of hydrogen-bond donors (Lipinski definition) is 0. The maximum atomic E-state index is 15.3. The maximum absolute atomic E-state index is 15.3. The second kappa shape index (κ2) is 16.7. The van der Waals surface area contributed by atoms with E-state index in [-0.39, 0.29) is 25.9 Å². The number of hydrogen-bond acceptors (Lipinski definition) is 3. The monoisotopic (exact) mass is 952 g/mol. The van der Waals surface area contributed by atoms with Crippen LogP contribution in [0.25, 0.3) is 59.5 Å². The summed E-state index contributed by atoms with van der Waals surface area (Å²) in [5.41, 5.74) is 12.4. The van der Waals surface area contributed by atoms with Crippen molar-refractivity contribution in [1.29, 1.82) is 0 Å². The third kappa shape index (κ3) is 8.24. The molecule has 0 spiro atoms. The molecule has 0 saturated heterocycles. The Kier molecular flexibility index (Phi) is 12.3. The van der Waals surface area contributed by atoms with Crippen molar-refractivity contribution in [3.8, 4) is 28.3 Å². The predicted molar refractivity (Wildman–Crippen MR) is 237 cm³/mol. The van der Waals surface area contributed by atoms with Crippen LogP contribution >= 0.6 is 11.3 Å². The predicted octanol–water partition coefficient (Wildman–Crippen LogP) is 13.3. The third-order valence-corrected chi connectivity index (χ3v) is 13.5. The van der Waals surface area contributed by atoms with E-state index < -0.39 is 8.07 Å². The molecule has 0 bridgehead atoms. The zero-order valence-corrected chi connectivity index (χ0v) is 38.3. The molecule has 3 aromatic heterocycles. The minimum absolute atomic E-state index is 0. The smallest absolute Gasteiger partial charge is 0.0798 e. The summed E-state index contributed by atoms with van der Waals surface area (Å²) >= 11 is 1.63. The van der Waals surface area contributed by atoms with Gasteiger partial charge in [-0.05, 0) is 100 Å². The van der Waals surface area contributed by atoms with Crippen LogP contribution in [0.1, 0.15) is 61.4 Å². The number of pyridine rings is 1. The molecule has 0 aliphatic heterocycles. The number of aryl methyl sites for hydroxylation is 3. The van der Waals surface area contributed by atoms with E-state index in [0.29, 0.717) is 17.2 Å². The number of imidazole rings is 1. The molecule has 5 aromatic carbocycles. The SMILES string of the molecule is CC(C)Cc1cc(-c2[c-]cccc2)ncc1[Si](C)(C)C.Cc1cc(C)c(-n2c(-c3[c-]cc(F)c4c3sc3cc(C(C)C)ccc34)nc3ccccc32)c(C)c1.[Ir]. The van der Waals surface area contributed by atoms with Gasteiger partial charge in [-0.2, -0.15) is 11.3 Å². The van der Waals surface area contributed by atoms with Gasteiger partial charge in [-0.1, -0.05) is 106 Å². The molecule has 3 nitrogen and oxygen atoms in total. The van der Waals surface area contributed by atoms with Gasteiger partial charge in [0.05, 0.1) is 24.9 Å². The van der Waals surface area contributed by atoms with Crippen LogP contribution in [-0.2, 0) is 26.5 Å². The number of rotatable bonds is 7. The van der Waals surface area contributed by atoms with Gasteiger partial charge in [-0.3, -0.25) is 9.37 Å². The van der Waals surface area contributed by atoms with Gasteiger partial charge in [-0.25, -0.2) is 0 Å². The Morgan fingerprint density at radius 2 is 1.57 bits per heavy atom. The molecule has 7 heteroatoms. The summed E-state index contributed by atoms with van der Waals surface area (Å²) in [6, 6.07) is 37.3. The van der Waals surface area contributed by atoms with Crippen LogP contribution in [0.4, 0.5) is 4.39 Å². The quantitative estimate of drug-likeness (QED) is 0.118. The van der Waals surface area contributed by atoms with Crippen LogP contribution in [0.3, 0.4) is 0 Å². The molecule has 0 fully saturated rings. The summed E-state index contributed by atoms with van der Waals surface area (Å²) in [5.74, 6) is 1.64. The van der Waals surface area contributed by atoms with Crippen molar-refractivity contribution in [2.45, 2.75) is 80.4 Å². The van der Waals surface area contributed by atoms with Crippen LogP contribution in [0.2, 0.25) is 19.6 Å². The van der Waals surface area contributed by atoms with E-state index in [4.69, 9.17) is 4.98 Å². The van der Waals surface area contributed by atoms with Crippen LogP contribution in [0, 0.1) is 44.6 Å². The molecule has 0 N–H and O–H groups in total. The summed E-state index contributed by atoms with van der Waals surface area (Å²) in [5, 5.41) is 3.10. The van der Waals surface area contributed by atoms with E-state index in [1.807, 2.05) is 36.4 Å². The first-order valence-electron chi connectivity index (χ1n) is 19.3. The fourth-order valence-corrected chi connectivity index (χ4v) is 10.6. The summed E-state index contributed by atoms with van der Waals surface area (Å²) in [7, 11) is -1.34. The topological polar surface area (TPSA) is 30.7 Å². The summed E-state index contributed by atoms with van der Waals surface area (Å²) in [6.45, 7) is 22.5. The number of thiophene rings is 1. The molecule has 0 aliphatic carbocycles. The molecular formula is C49H50FIrN3SSi-2. The molecule has 0 unspecified atom stereocenters. The van der Waals surface area contributed by atoms with Crippen LogP contribution < -0.4 is 5.19 Å².